The molecule has 0 radical (unpaired) electrons. The summed E-state index contributed by atoms with van der Waals surface area (Å²) in [6, 6.07) is 12.7. The highest BCUT2D eigenvalue weighted by atomic mass is 19.4. The van der Waals surface area contributed by atoms with Gasteiger partial charge in [0.05, 0.1) is 29.7 Å². The largest absolute Gasteiger partial charge is 0.427 e. The third kappa shape index (κ3) is 3.99. The Morgan fingerprint density at radius 1 is 1.19 bits per heavy atom. The van der Waals surface area contributed by atoms with Crippen LogP contribution in [0.4, 0.5) is 24.7 Å². The molecule has 1 aliphatic rings. The van der Waals surface area contributed by atoms with Gasteiger partial charge in [0.2, 0.25) is 5.60 Å². The molecule has 3 N–H and O–H groups in total. The van der Waals surface area contributed by atoms with E-state index in [0.29, 0.717) is 17.1 Å². The molecule has 5 rings (SSSR count). The minimum absolute atomic E-state index is 0.183. The molecule has 3 aromatic heterocycles. The lowest BCUT2D eigenvalue weighted by atomic mass is 9.89. The van der Waals surface area contributed by atoms with Crippen molar-refractivity contribution in [3.8, 4) is 6.07 Å². The lowest BCUT2D eigenvalue weighted by Gasteiger charge is -2.30. The first kappa shape index (κ1) is 23.6. The molecule has 36 heavy (non-hydrogen) atoms. The molecule has 11 heteroatoms. The van der Waals surface area contributed by atoms with E-state index in [0.717, 1.165) is 31.0 Å². The first-order valence-electron chi connectivity index (χ1n) is 11.3. The summed E-state index contributed by atoms with van der Waals surface area (Å²) in [7, 11) is 0. The minimum Gasteiger partial charge on any atom is -0.371 e. The zero-order valence-electron chi connectivity index (χ0n) is 18.8. The second kappa shape index (κ2) is 8.80. The molecule has 8 nitrogen and oxygen atoms in total. The van der Waals surface area contributed by atoms with Gasteiger partial charge in [0, 0.05) is 18.1 Å². The summed E-state index contributed by atoms with van der Waals surface area (Å²) < 4.78 is 43.6. The summed E-state index contributed by atoms with van der Waals surface area (Å²) in [5.41, 5.74) is -3.71. The number of nitrogens with zero attached hydrogens (tertiary/aromatic N) is 4. The zero-order chi connectivity index (χ0) is 25.5. The van der Waals surface area contributed by atoms with E-state index in [-0.39, 0.29) is 29.2 Å². The fraction of sp³-hybridized carbons (Fsp3) is 0.280. The maximum absolute atomic E-state index is 14.0. The van der Waals surface area contributed by atoms with Crippen molar-refractivity contribution in [2.24, 2.45) is 5.92 Å². The van der Waals surface area contributed by atoms with E-state index in [1.54, 1.807) is 10.7 Å². The fourth-order valence-corrected chi connectivity index (χ4v) is 4.43. The van der Waals surface area contributed by atoms with E-state index in [2.05, 4.69) is 26.5 Å². The normalized spacial score (nSPS) is 16.3. The minimum atomic E-state index is -5.02. The highest BCUT2D eigenvalue weighted by Gasteiger charge is 2.57. The molecule has 1 saturated carbocycles. The third-order valence-electron chi connectivity index (χ3n) is 6.42. The Balaban J connectivity index is 1.52. The van der Waals surface area contributed by atoms with Crippen LogP contribution in [-0.2, 0) is 5.60 Å². The highest BCUT2D eigenvalue weighted by molar-refractivity contribution is 5.91. The van der Waals surface area contributed by atoms with E-state index in [9.17, 15) is 28.3 Å². The molecule has 0 aliphatic heterocycles. The van der Waals surface area contributed by atoms with Gasteiger partial charge < -0.3 is 15.4 Å². The molecular weight excluding hydrogens is 473 g/mol. The smallest absolute Gasteiger partial charge is 0.371 e. The number of nitrogens with one attached hydrogen (secondary N) is 2. The number of benzene rings is 1. The van der Waals surface area contributed by atoms with Gasteiger partial charge in [-0.15, -0.1) is 0 Å². The Kier molecular flexibility index (Phi) is 5.76. The van der Waals surface area contributed by atoms with Crippen molar-refractivity contribution in [3.63, 3.8) is 0 Å². The fourth-order valence-electron chi connectivity index (χ4n) is 4.43. The average Bonchev–Trinajstić information content (AvgIpc) is 3.64. The van der Waals surface area contributed by atoms with Gasteiger partial charge in [0.25, 0.3) is 5.56 Å². The molecule has 2 atom stereocenters. The predicted molar refractivity (Wildman–Crippen MR) is 125 cm³/mol. The number of aromatic nitrogens is 4. The van der Waals surface area contributed by atoms with Crippen molar-refractivity contribution in [3.05, 3.63) is 82.5 Å². The zero-order valence-corrected chi connectivity index (χ0v) is 18.8. The second-order valence-electron chi connectivity index (χ2n) is 8.75. The number of pyridine rings is 2. The number of fused-ring (bicyclic) bond motifs is 1. The van der Waals surface area contributed by atoms with Gasteiger partial charge >= 0.3 is 6.18 Å². The van der Waals surface area contributed by atoms with Crippen LogP contribution in [-0.4, -0.2) is 31.0 Å². The monoisotopic (exact) mass is 494 g/mol. The van der Waals surface area contributed by atoms with Gasteiger partial charge in [-0.05, 0) is 54.7 Å². The first-order chi connectivity index (χ1) is 17.2. The van der Waals surface area contributed by atoms with Gasteiger partial charge in [-0.2, -0.15) is 23.5 Å². The van der Waals surface area contributed by atoms with Crippen molar-refractivity contribution >= 4 is 22.4 Å². The molecule has 0 amide bonds. The van der Waals surface area contributed by atoms with Gasteiger partial charge in [0.15, 0.2) is 5.82 Å². The van der Waals surface area contributed by atoms with Crippen molar-refractivity contribution in [2.75, 3.05) is 5.32 Å². The Labute approximate surface area is 203 Å². The molecule has 0 bridgehead atoms. The summed E-state index contributed by atoms with van der Waals surface area (Å²) in [4.78, 5) is 19.0. The van der Waals surface area contributed by atoms with Gasteiger partial charge in [-0.3, -0.25) is 14.5 Å². The Hall–Kier alpha value is -4.17. The van der Waals surface area contributed by atoms with Crippen LogP contribution < -0.4 is 10.9 Å². The molecule has 1 aromatic carbocycles. The predicted octanol–water partition coefficient (Wildman–Crippen LogP) is 4.53. The van der Waals surface area contributed by atoms with Crippen LogP contribution >= 0.6 is 0 Å². The van der Waals surface area contributed by atoms with Gasteiger partial charge in [0.1, 0.15) is 5.39 Å². The molecule has 0 spiro atoms. The third-order valence-corrected chi connectivity index (χ3v) is 6.42. The lowest BCUT2D eigenvalue weighted by molar-refractivity contribution is -0.249. The van der Waals surface area contributed by atoms with Crippen molar-refractivity contribution in [1.82, 2.24) is 19.7 Å². The van der Waals surface area contributed by atoms with Crippen LogP contribution in [0.15, 0.2) is 65.7 Å². The van der Waals surface area contributed by atoms with Gasteiger partial charge in [-0.25, -0.2) is 0 Å². The van der Waals surface area contributed by atoms with Crippen molar-refractivity contribution in [1.29, 1.82) is 5.26 Å². The molecule has 184 valence electrons. The highest BCUT2D eigenvalue weighted by Crippen LogP contribution is 2.44. The quantitative estimate of drug-likeness (QED) is 0.347. The van der Waals surface area contributed by atoms with E-state index in [1.807, 2.05) is 0 Å². The standard InChI is InChI=1S/C25H21F3N6O2/c26-25(27,28)24(36,20-3-1-2-13-30-20)16-6-8-17(9-7-16)32-22-21-19(11-14-31-23(21)35)34(33-22)18(10-12-29)15-4-5-15/h1-3,6-9,11,13-15,18,36H,4-5,10H2,(H,31,35)(H,32,33)/t18-,24+/m0/s1. The Bertz CT molecular complexity index is 1490. The van der Waals surface area contributed by atoms with E-state index in [4.69, 9.17) is 0 Å². The van der Waals surface area contributed by atoms with Crippen LogP contribution in [0.3, 0.4) is 0 Å². The van der Waals surface area contributed by atoms with E-state index in [1.165, 1.54) is 36.7 Å². The average molecular weight is 494 g/mol. The number of anilines is 2. The molecule has 4 aromatic rings. The topological polar surface area (TPSA) is 120 Å². The molecule has 1 aliphatic carbocycles. The van der Waals surface area contributed by atoms with Crippen LogP contribution in [0.2, 0.25) is 0 Å². The van der Waals surface area contributed by atoms with Crippen LogP contribution in [0.25, 0.3) is 10.9 Å². The van der Waals surface area contributed by atoms with E-state index < -0.39 is 23.0 Å². The van der Waals surface area contributed by atoms with Crippen molar-refractivity contribution < 1.29 is 18.3 Å². The lowest BCUT2D eigenvalue weighted by Crippen LogP contribution is -2.44. The molecule has 3 heterocycles. The number of hydrogen-bond acceptors (Lipinski definition) is 6. The van der Waals surface area contributed by atoms with Gasteiger partial charge in [-0.1, -0.05) is 18.2 Å². The number of rotatable bonds is 7. The number of aromatic amines is 1. The SMILES string of the molecule is N#CC[C@@H](C1CC1)n1nc(Nc2ccc([C@@](O)(c3ccccn3)C(F)(F)F)cc2)c2c(=O)[nH]ccc21. The number of nitriles is 1. The number of halogens is 3. The Morgan fingerprint density at radius 2 is 1.94 bits per heavy atom. The Morgan fingerprint density at radius 3 is 2.56 bits per heavy atom. The molecule has 0 saturated heterocycles. The molecule has 1 fully saturated rings. The number of alkyl halides is 3. The number of aliphatic hydroxyl groups is 1. The van der Waals surface area contributed by atoms with Crippen molar-refractivity contribution in [2.45, 2.75) is 37.1 Å². The van der Waals surface area contributed by atoms with Crippen LogP contribution in [0, 0.1) is 17.2 Å². The second-order valence-corrected chi connectivity index (χ2v) is 8.75. The maximum Gasteiger partial charge on any atom is 0.427 e. The molecular formula is C25H21F3N6O2. The summed E-state index contributed by atoms with van der Waals surface area (Å²) in [5, 5.41) is 27.9. The summed E-state index contributed by atoms with van der Waals surface area (Å²) >= 11 is 0. The maximum atomic E-state index is 14.0. The molecule has 0 unspecified atom stereocenters. The van der Waals surface area contributed by atoms with Crippen LogP contribution in [0.1, 0.15) is 36.6 Å². The summed E-state index contributed by atoms with van der Waals surface area (Å²) in [5.74, 6) is 0.518. The number of H-pyrrole nitrogens is 1. The number of hydrogen-bond donors (Lipinski definition) is 3. The van der Waals surface area contributed by atoms with Crippen LogP contribution in [0.5, 0.6) is 0 Å². The van der Waals surface area contributed by atoms with E-state index >= 15 is 0 Å². The first-order valence-corrected chi connectivity index (χ1v) is 11.3. The summed E-state index contributed by atoms with van der Waals surface area (Å²) in [6.07, 6.45) is -0.141. The summed E-state index contributed by atoms with van der Waals surface area (Å²) in [6.45, 7) is 0.